The van der Waals surface area contributed by atoms with E-state index in [1.807, 2.05) is 18.2 Å². The van der Waals surface area contributed by atoms with Gasteiger partial charge in [0.2, 0.25) is 0 Å². The predicted octanol–water partition coefficient (Wildman–Crippen LogP) is 2.50. The largest absolute Gasteiger partial charge is 0.365 e. The Balaban J connectivity index is 2.35. The van der Waals surface area contributed by atoms with Crippen LogP contribution in [0, 0.1) is 21.4 Å². The second-order valence-corrected chi connectivity index (χ2v) is 4.29. The van der Waals surface area contributed by atoms with Crippen LogP contribution in [0.4, 0.5) is 11.4 Å². The first-order valence-corrected chi connectivity index (χ1v) is 5.90. The maximum absolute atomic E-state index is 11.1. The van der Waals surface area contributed by atoms with Crippen molar-refractivity contribution in [2.45, 2.75) is 6.54 Å². The molecule has 0 bridgehead atoms. The number of rotatable bonds is 4. The van der Waals surface area contributed by atoms with Crippen LogP contribution in [-0.2, 0) is 6.54 Å². The van der Waals surface area contributed by atoms with Gasteiger partial charge in [0.1, 0.15) is 5.69 Å². The monoisotopic (exact) mass is 268 g/mol. The first kappa shape index (κ1) is 13.5. The molecule has 0 saturated heterocycles. The van der Waals surface area contributed by atoms with Crippen LogP contribution < -0.4 is 4.90 Å². The molecule has 0 saturated carbocycles. The normalized spacial score (nSPS) is 9.80. The van der Waals surface area contributed by atoms with Gasteiger partial charge in [-0.15, -0.1) is 0 Å². The van der Waals surface area contributed by atoms with Gasteiger partial charge in [-0.25, -0.2) is 0 Å². The van der Waals surface area contributed by atoms with Crippen molar-refractivity contribution >= 4 is 11.4 Å². The first-order chi connectivity index (χ1) is 9.61. The standard InChI is InChI=1S/C14H12N4O2/c1-17(10-12-3-2-6-16-9-12)14-7-11(8-15)4-5-13(14)18(19)20/h2-7,9H,10H2,1H3. The Kier molecular flexibility index (Phi) is 3.91. The fourth-order valence-electron chi connectivity index (χ4n) is 1.90. The molecule has 0 atom stereocenters. The lowest BCUT2D eigenvalue weighted by atomic mass is 10.1. The fraction of sp³-hybridized carbons (Fsp3) is 0.143. The minimum Gasteiger partial charge on any atom is -0.365 e. The molecule has 0 N–H and O–H groups in total. The van der Waals surface area contributed by atoms with Gasteiger partial charge >= 0.3 is 0 Å². The molecule has 2 aromatic rings. The van der Waals surface area contributed by atoms with E-state index in [0.29, 0.717) is 17.8 Å². The first-order valence-electron chi connectivity index (χ1n) is 5.90. The second kappa shape index (κ2) is 5.80. The molecule has 0 unspecified atom stereocenters. The van der Waals surface area contributed by atoms with E-state index in [1.54, 1.807) is 24.3 Å². The molecule has 0 amide bonds. The summed E-state index contributed by atoms with van der Waals surface area (Å²) in [6, 6.07) is 10.0. The Hall–Kier alpha value is -2.94. The van der Waals surface area contributed by atoms with E-state index in [4.69, 9.17) is 5.26 Å². The van der Waals surface area contributed by atoms with Gasteiger partial charge in [-0.2, -0.15) is 5.26 Å². The highest BCUT2D eigenvalue weighted by atomic mass is 16.6. The van der Waals surface area contributed by atoms with Crippen LogP contribution in [0.25, 0.3) is 0 Å². The summed E-state index contributed by atoms with van der Waals surface area (Å²) >= 11 is 0. The zero-order valence-corrected chi connectivity index (χ0v) is 10.9. The Bertz CT molecular complexity index is 665. The van der Waals surface area contributed by atoms with Crippen LogP contribution in [0.5, 0.6) is 0 Å². The Labute approximate surface area is 116 Å². The number of aromatic nitrogens is 1. The van der Waals surface area contributed by atoms with Gasteiger partial charge in [-0.1, -0.05) is 6.07 Å². The van der Waals surface area contributed by atoms with E-state index in [1.165, 1.54) is 18.2 Å². The predicted molar refractivity (Wildman–Crippen MR) is 74.2 cm³/mol. The van der Waals surface area contributed by atoms with E-state index in [9.17, 15) is 10.1 Å². The lowest BCUT2D eigenvalue weighted by molar-refractivity contribution is -0.384. The summed E-state index contributed by atoms with van der Waals surface area (Å²) in [5, 5.41) is 20.0. The number of anilines is 1. The van der Waals surface area contributed by atoms with Gasteiger partial charge in [-0.05, 0) is 23.8 Å². The van der Waals surface area contributed by atoms with Gasteiger partial charge in [0.05, 0.1) is 16.6 Å². The van der Waals surface area contributed by atoms with Crippen molar-refractivity contribution in [3.05, 3.63) is 64.0 Å². The molecule has 6 nitrogen and oxygen atoms in total. The zero-order valence-electron chi connectivity index (χ0n) is 10.9. The van der Waals surface area contributed by atoms with Crippen LogP contribution in [0.3, 0.4) is 0 Å². The van der Waals surface area contributed by atoms with Crippen molar-refractivity contribution in [3.8, 4) is 6.07 Å². The zero-order chi connectivity index (χ0) is 14.5. The van der Waals surface area contributed by atoms with E-state index < -0.39 is 4.92 Å². The third-order valence-electron chi connectivity index (χ3n) is 2.85. The third-order valence-corrected chi connectivity index (χ3v) is 2.85. The number of nitrogens with zero attached hydrogens (tertiary/aromatic N) is 4. The summed E-state index contributed by atoms with van der Waals surface area (Å²) in [5.41, 5.74) is 1.73. The van der Waals surface area contributed by atoms with Crippen molar-refractivity contribution in [1.29, 1.82) is 5.26 Å². The molecule has 1 aromatic heterocycles. The van der Waals surface area contributed by atoms with Gasteiger partial charge in [0, 0.05) is 32.1 Å². The van der Waals surface area contributed by atoms with Crippen molar-refractivity contribution in [2.24, 2.45) is 0 Å². The SMILES string of the molecule is CN(Cc1cccnc1)c1cc(C#N)ccc1[N+](=O)[O-]. The van der Waals surface area contributed by atoms with Crippen LogP contribution in [0.15, 0.2) is 42.7 Å². The summed E-state index contributed by atoms with van der Waals surface area (Å²) in [6.07, 6.45) is 3.37. The topological polar surface area (TPSA) is 83.1 Å². The van der Waals surface area contributed by atoms with Crippen LogP contribution >= 0.6 is 0 Å². The smallest absolute Gasteiger partial charge is 0.292 e. The number of nitriles is 1. The molecule has 0 aliphatic heterocycles. The van der Waals surface area contributed by atoms with Gasteiger partial charge in [0.25, 0.3) is 5.69 Å². The van der Waals surface area contributed by atoms with Gasteiger partial charge < -0.3 is 4.90 Å². The van der Waals surface area contributed by atoms with E-state index >= 15 is 0 Å². The number of hydrogen-bond donors (Lipinski definition) is 0. The van der Waals surface area contributed by atoms with Crippen molar-refractivity contribution in [2.75, 3.05) is 11.9 Å². The maximum atomic E-state index is 11.1. The minimum absolute atomic E-state index is 0.0182. The molecule has 20 heavy (non-hydrogen) atoms. The van der Waals surface area contributed by atoms with E-state index in [0.717, 1.165) is 5.56 Å². The highest BCUT2D eigenvalue weighted by molar-refractivity contribution is 5.65. The highest BCUT2D eigenvalue weighted by Gasteiger charge is 2.17. The van der Waals surface area contributed by atoms with Crippen LogP contribution in [0.1, 0.15) is 11.1 Å². The molecule has 100 valence electrons. The van der Waals surface area contributed by atoms with Gasteiger partial charge in [-0.3, -0.25) is 15.1 Å². The summed E-state index contributed by atoms with van der Waals surface area (Å²) in [7, 11) is 1.75. The third kappa shape index (κ3) is 2.90. The Morgan fingerprint density at radius 1 is 1.45 bits per heavy atom. The second-order valence-electron chi connectivity index (χ2n) is 4.29. The highest BCUT2D eigenvalue weighted by Crippen LogP contribution is 2.29. The summed E-state index contributed by atoms with van der Waals surface area (Å²) < 4.78 is 0. The average Bonchev–Trinajstić information content (AvgIpc) is 2.47. The minimum atomic E-state index is -0.448. The molecule has 0 spiro atoms. The molecule has 2 rings (SSSR count). The molecule has 0 aliphatic rings. The Morgan fingerprint density at radius 2 is 2.25 bits per heavy atom. The molecule has 1 aromatic carbocycles. The number of hydrogen-bond acceptors (Lipinski definition) is 5. The Morgan fingerprint density at radius 3 is 2.85 bits per heavy atom. The number of pyridine rings is 1. The van der Waals surface area contributed by atoms with Crippen molar-refractivity contribution < 1.29 is 4.92 Å². The van der Waals surface area contributed by atoms with Crippen LogP contribution in [-0.4, -0.2) is 17.0 Å². The van der Waals surface area contributed by atoms with E-state index in [-0.39, 0.29) is 5.69 Å². The molecular weight excluding hydrogens is 256 g/mol. The maximum Gasteiger partial charge on any atom is 0.292 e. The molecular formula is C14H12N4O2. The average molecular weight is 268 g/mol. The molecule has 1 heterocycles. The lowest BCUT2D eigenvalue weighted by Gasteiger charge is -2.19. The summed E-state index contributed by atoms with van der Waals surface area (Å²) in [5.74, 6) is 0. The quantitative estimate of drug-likeness (QED) is 0.628. The molecule has 6 heteroatoms. The lowest BCUT2D eigenvalue weighted by Crippen LogP contribution is -2.18. The van der Waals surface area contributed by atoms with Crippen LogP contribution in [0.2, 0.25) is 0 Å². The van der Waals surface area contributed by atoms with E-state index in [2.05, 4.69) is 4.98 Å². The summed E-state index contributed by atoms with van der Waals surface area (Å²) in [4.78, 5) is 16.4. The van der Waals surface area contributed by atoms with Crippen molar-refractivity contribution in [3.63, 3.8) is 0 Å². The number of nitro groups is 1. The molecule has 0 fully saturated rings. The summed E-state index contributed by atoms with van der Waals surface area (Å²) in [6.45, 7) is 0.476. The number of nitro benzene ring substituents is 1. The van der Waals surface area contributed by atoms with Gasteiger partial charge in [0.15, 0.2) is 0 Å². The molecule has 0 aliphatic carbocycles. The van der Waals surface area contributed by atoms with Crippen molar-refractivity contribution in [1.82, 2.24) is 4.98 Å². The molecule has 0 radical (unpaired) electrons. The fourth-order valence-corrected chi connectivity index (χ4v) is 1.90. The number of benzene rings is 1.